The standard InChI is InChI=1S/C21H26N2O2/c1-3-22(4-2)20(24)17-12-14-23(15-13-17)21(25)19-11-7-9-16-8-5-6-10-18(16)19/h5-11,17H,3-4,12-15H2,1-2H3. The number of amides is 2. The summed E-state index contributed by atoms with van der Waals surface area (Å²) in [6.45, 7) is 6.84. The van der Waals surface area contributed by atoms with Crippen molar-refractivity contribution in [1.29, 1.82) is 0 Å². The van der Waals surface area contributed by atoms with Crippen molar-refractivity contribution in [2.75, 3.05) is 26.2 Å². The molecule has 0 aliphatic carbocycles. The van der Waals surface area contributed by atoms with E-state index in [4.69, 9.17) is 0 Å². The molecule has 0 saturated carbocycles. The largest absolute Gasteiger partial charge is 0.343 e. The fourth-order valence-electron chi connectivity index (χ4n) is 3.71. The number of hydrogen-bond donors (Lipinski definition) is 0. The van der Waals surface area contributed by atoms with E-state index in [1.54, 1.807) is 0 Å². The molecule has 0 N–H and O–H groups in total. The minimum absolute atomic E-state index is 0.0523. The van der Waals surface area contributed by atoms with Crippen LogP contribution in [-0.2, 0) is 4.79 Å². The first-order valence-corrected chi connectivity index (χ1v) is 9.21. The molecular formula is C21H26N2O2. The van der Waals surface area contributed by atoms with Crippen LogP contribution >= 0.6 is 0 Å². The van der Waals surface area contributed by atoms with Crippen molar-refractivity contribution in [2.45, 2.75) is 26.7 Å². The Hall–Kier alpha value is -2.36. The maximum Gasteiger partial charge on any atom is 0.254 e. The second-order valence-corrected chi connectivity index (χ2v) is 6.60. The molecule has 0 bridgehead atoms. The van der Waals surface area contributed by atoms with Crippen LogP contribution < -0.4 is 0 Å². The average Bonchev–Trinajstić information content (AvgIpc) is 2.68. The quantitative estimate of drug-likeness (QED) is 0.855. The van der Waals surface area contributed by atoms with Crippen molar-refractivity contribution < 1.29 is 9.59 Å². The molecular weight excluding hydrogens is 312 g/mol. The molecule has 2 aromatic carbocycles. The molecule has 1 aliphatic rings. The molecule has 1 aliphatic heterocycles. The number of piperidine rings is 1. The fourth-order valence-corrected chi connectivity index (χ4v) is 3.71. The number of fused-ring (bicyclic) bond motifs is 1. The number of nitrogens with zero attached hydrogens (tertiary/aromatic N) is 2. The molecule has 2 amide bonds. The van der Waals surface area contributed by atoms with E-state index in [1.165, 1.54) is 0 Å². The lowest BCUT2D eigenvalue weighted by atomic mass is 9.94. The number of carbonyl (C=O) groups excluding carboxylic acids is 2. The minimum atomic E-state index is 0.0523. The van der Waals surface area contributed by atoms with E-state index in [1.807, 2.05) is 66.1 Å². The molecule has 0 aromatic heterocycles. The highest BCUT2D eigenvalue weighted by molar-refractivity contribution is 6.07. The summed E-state index contributed by atoms with van der Waals surface area (Å²) in [6, 6.07) is 13.8. The highest BCUT2D eigenvalue weighted by atomic mass is 16.2. The fraction of sp³-hybridized carbons (Fsp3) is 0.429. The molecule has 4 nitrogen and oxygen atoms in total. The Morgan fingerprint density at radius 1 is 1.00 bits per heavy atom. The summed E-state index contributed by atoms with van der Waals surface area (Å²) in [4.78, 5) is 29.3. The third-order valence-electron chi connectivity index (χ3n) is 5.23. The molecule has 3 rings (SSSR count). The average molecular weight is 338 g/mol. The zero-order chi connectivity index (χ0) is 17.8. The Labute approximate surface area is 149 Å². The number of benzene rings is 2. The first-order chi connectivity index (χ1) is 12.2. The van der Waals surface area contributed by atoms with Crippen LogP contribution in [0.15, 0.2) is 42.5 Å². The summed E-state index contributed by atoms with van der Waals surface area (Å²) in [5, 5.41) is 2.08. The van der Waals surface area contributed by atoms with E-state index in [9.17, 15) is 9.59 Å². The molecule has 1 heterocycles. The number of likely N-dealkylation sites (tertiary alicyclic amines) is 1. The lowest BCUT2D eigenvalue weighted by Crippen LogP contribution is -2.44. The lowest BCUT2D eigenvalue weighted by Gasteiger charge is -2.34. The van der Waals surface area contributed by atoms with Crippen LogP contribution in [0.1, 0.15) is 37.0 Å². The summed E-state index contributed by atoms with van der Waals surface area (Å²) in [7, 11) is 0. The normalized spacial score (nSPS) is 15.4. The molecule has 132 valence electrons. The van der Waals surface area contributed by atoms with E-state index >= 15 is 0 Å². The Morgan fingerprint density at radius 2 is 1.64 bits per heavy atom. The maximum atomic E-state index is 13.0. The van der Waals surface area contributed by atoms with Gasteiger partial charge in [0.1, 0.15) is 0 Å². The summed E-state index contributed by atoms with van der Waals surface area (Å²) >= 11 is 0. The van der Waals surface area contributed by atoms with Gasteiger partial charge in [-0.15, -0.1) is 0 Å². The smallest absolute Gasteiger partial charge is 0.254 e. The number of rotatable bonds is 4. The predicted octanol–water partition coefficient (Wildman–Crippen LogP) is 3.56. The van der Waals surface area contributed by atoms with Crippen LogP contribution in [0, 0.1) is 5.92 Å². The first-order valence-electron chi connectivity index (χ1n) is 9.21. The minimum Gasteiger partial charge on any atom is -0.343 e. The van der Waals surface area contributed by atoms with Gasteiger partial charge in [0.25, 0.3) is 5.91 Å². The van der Waals surface area contributed by atoms with Gasteiger partial charge in [-0.25, -0.2) is 0 Å². The second kappa shape index (κ2) is 7.68. The van der Waals surface area contributed by atoms with Crippen molar-refractivity contribution in [3.05, 3.63) is 48.0 Å². The summed E-state index contributed by atoms with van der Waals surface area (Å²) in [5.41, 5.74) is 0.756. The van der Waals surface area contributed by atoms with E-state index in [2.05, 4.69) is 0 Å². The summed E-state index contributed by atoms with van der Waals surface area (Å²) < 4.78 is 0. The van der Waals surface area contributed by atoms with E-state index in [0.717, 1.165) is 42.3 Å². The maximum absolute atomic E-state index is 13.0. The Morgan fingerprint density at radius 3 is 2.32 bits per heavy atom. The van der Waals surface area contributed by atoms with Gasteiger partial charge in [0.2, 0.25) is 5.91 Å². The SMILES string of the molecule is CCN(CC)C(=O)C1CCN(C(=O)c2cccc3ccccc23)CC1. The van der Waals surface area contributed by atoms with Crippen LogP contribution in [0.5, 0.6) is 0 Å². The summed E-state index contributed by atoms with van der Waals surface area (Å²) in [5.74, 6) is 0.365. The second-order valence-electron chi connectivity index (χ2n) is 6.60. The van der Waals surface area contributed by atoms with Crippen LogP contribution in [0.2, 0.25) is 0 Å². The highest BCUT2D eigenvalue weighted by Gasteiger charge is 2.30. The van der Waals surface area contributed by atoms with Gasteiger partial charge < -0.3 is 9.80 Å². The van der Waals surface area contributed by atoms with Crippen molar-refractivity contribution in [3.63, 3.8) is 0 Å². The predicted molar refractivity (Wildman–Crippen MR) is 101 cm³/mol. The first kappa shape index (κ1) is 17.5. The molecule has 0 radical (unpaired) electrons. The van der Waals surface area contributed by atoms with Crippen molar-refractivity contribution >= 4 is 22.6 Å². The van der Waals surface area contributed by atoms with Crippen molar-refractivity contribution in [2.24, 2.45) is 5.92 Å². The van der Waals surface area contributed by atoms with Crippen molar-refractivity contribution in [3.8, 4) is 0 Å². The van der Waals surface area contributed by atoms with Crippen LogP contribution in [0.4, 0.5) is 0 Å². The van der Waals surface area contributed by atoms with Gasteiger partial charge in [-0.1, -0.05) is 36.4 Å². The Bertz CT molecular complexity index is 754. The summed E-state index contributed by atoms with van der Waals surface area (Å²) in [6.07, 6.45) is 1.51. The zero-order valence-corrected chi connectivity index (χ0v) is 15.1. The molecule has 0 unspecified atom stereocenters. The molecule has 0 atom stereocenters. The van der Waals surface area contributed by atoms with Crippen molar-refractivity contribution in [1.82, 2.24) is 9.80 Å². The van der Waals surface area contributed by atoms with Gasteiger partial charge in [-0.3, -0.25) is 9.59 Å². The van der Waals surface area contributed by atoms with Crippen LogP contribution in [-0.4, -0.2) is 47.8 Å². The molecule has 25 heavy (non-hydrogen) atoms. The topological polar surface area (TPSA) is 40.6 Å². The Balaban J connectivity index is 1.70. The highest BCUT2D eigenvalue weighted by Crippen LogP contribution is 2.24. The van der Waals surface area contributed by atoms with Gasteiger partial charge in [-0.05, 0) is 43.5 Å². The van der Waals surface area contributed by atoms with Crippen LogP contribution in [0.3, 0.4) is 0 Å². The number of carbonyl (C=O) groups is 2. The van der Waals surface area contributed by atoms with Gasteiger partial charge >= 0.3 is 0 Å². The van der Waals surface area contributed by atoms with Crippen LogP contribution in [0.25, 0.3) is 10.8 Å². The van der Waals surface area contributed by atoms with Gasteiger partial charge in [0, 0.05) is 37.7 Å². The lowest BCUT2D eigenvalue weighted by molar-refractivity contribution is -0.136. The monoisotopic (exact) mass is 338 g/mol. The third kappa shape index (κ3) is 3.53. The molecule has 0 spiro atoms. The van der Waals surface area contributed by atoms with E-state index < -0.39 is 0 Å². The molecule has 2 aromatic rings. The molecule has 1 saturated heterocycles. The molecule has 4 heteroatoms. The van der Waals surface area contributed by atoms with E-state index in [-0.39, 0.29) is 17.7 Å². The zero-order valence-electron chi connectivity index (χ0n) is 15.1. The van der Waals surface area contributed by atoms with E-state index in [0.29, 0.717) is 13.1 Å². The Kier molecular flexibility index (Phi) is 5.37. The third-order valence-corrected chi connectivity index (χ3v) is 5.23. The van der Waals surface area contributed by atoms with Gasteiger partial charge in [0.05, 0.1) is 0 Å². The number of hydrogen-bond acceptors (Lipinski definition) is 2. The molecule has 1 fully saturated rings. The van der Waals surface area contributed by atoms with Gasteiger partial charge in [0.15, 0.2) is 0 Å². The van der Waals surface area contributed by atoms with Gasteiger partial charge in [-0.2, -0.15) is 0 Å².